The molecular weight excluding hydrogens is 274 g/mol. The maximum absolute atomic E-state index is 13.3. The Hall–Kier alpha value is -1.30. The predicted octanol–water partition coefficient (Wildman–Crippen LogP) is 2.29. The average molecular weight is 290 g/mol. The summed E-state index contributed by atoms with van der Waals surface area (Å²) in [6.07, 6.45) is 0.0525. The molecule has 0 spiro atoms. The molecule has 0 radical (unpaired) electrons. The molecule has 1 aromatic carbocycles. The first-order valence-electron chi connectivity index (χ1n) is 6.00. The van der Waals surface area contributed by atoms with Gasteiger partial charge in [-0.15, -0.1) is 0 Å². The molecule has 0 aliphatic rings. The Balaban J connectivity index is 2.50. The SMILES string of the molecule is CCS(=O)(=O)CCCC(=O)Cc1cccc(F)c1F. The van der Waals surface area contributed by atoms with Crippen LogP contribution in [0.25, 0.3) is 0 Å². The van der Waals surface area contributed by atoms with Crippen LogP contribution >= 0.6 is 0 Å². The summed E-state index contributed by atoms with van der Waals surface area (Å²) < 4.78 is 48.7. The zero-order valence-corrected chi connectivity index (χ0v) is 11.5. The first-order valence-corrected chi connectivity index (χ1v) is 7.83. The summed E-state index contributed by atoms with van der Waals surface area (Å²) in [5.74, 6) is -2.31. The Morgan fingerprint density at radius 3 is 2.58 bits per heavy atom. The molecule has 19 heavy (non-hydrogen) atoms. The number of sulfone groups is 1. The molecule has 0 N–H and O–H groups in total. The number of hydrogen-bond donors (Lipinski definition) is 0. The summed E-state index contributed by atoms with van der Waals surface area (Å²) in [4.78, 5) is 11.6. The van der Waals surface area contributed by atoms with E-state index in [1.165, 1.54) is 12.1 Å². The van der Waals surface area contributed by atoms with E-state index in [4.69, 9.17) is 0 Å². The van der Waals surface area contributed by atoms with Crippen molar-refractivity contribution in [3.8, 4) is 0 Å². The molecule has 0 unspecified atom stereocenters. The van der Waals surface area contributed by atoms with Gasteiger partial charge in [0, 0.05) is 18.6 Å². The Bertz CT molecular complexity index is 553. The minimum atomic E-state index is -3.09. The van der Waals surface area contributed by atoms with E-state index in [-0.39, 0.29) is 42.1 Å². The number of ketones is 1. The van der Waals surface area contributed by atoms with Crippen LogP contribution in [0, 0.1) is 11.6 Å². The summed E-state index contributed by atoms with van der Waals surface area (Å²) in [6, 6.07) is 3.67. The van der Waals surface area contributed by atoms with Crippen molar-refractivity contribution >= 4 is 15.6 Å². The highest BCUT2D eigenvalue weighted by Crippen LogP contribution is 2.13. The van der Waals surface area contributed by atoms with Crippen LogP contribution in [0.3, 0.4) is 0 Å². The average Bonchev–Trinajstić information content (AvgIpc) is 2.35. The fourth-order valence-electron chi connectivity index (χ4n) is 1.62. The minimum absolute atomic E-state index is 0.00310. The highest BCUT2D eigenvalue weighted by atomic mass is 32.2. The topological polar surface area (TPSA) is 51.2 Å². The van der Waals surface area contributed by atoms with Crippen molar-refractivity contribution in [2.24, 2.45) is 0 Å². The van der Waals surface area contributed by atoms with E-state index < -0.39 is 21.5 Å². The van der Waals surface area contributed by atoms with Gasteiger partial charge in [-0.3, -0.25) is 4.79 Å². The Morgan fingerprint density at radius 1 is 1.26 bits per heavy atom. The van der Waals surface area contributed by atoms with Gasteiger partial charge < -0.3 is 0 Å². The van der Waals surface area contributed by atoms with Gasteiger partial charge in [0.25, 0.3) is 0 Å². The van der Waals surface area contributed by atoms with Crippen LogP contribution in [0.2, 0.25) is 0 Å². The Morgan fingerprint density at radius 2 is 1.95 bits per heavy atom. The van der Waals surface area contributed by atoms with E-state index in [1.54, 1.807) is 6.92 Å². The molecule has 1 rings (SSSR count). The molecule has 0 aliphatic carbocycles. The van der Waals surface area contributed by atoms with Crippen LogP contribution in [0.5, 0.6) is 0 Å². The van der Waals surface area contributed by atoms with Crippen molar-refractivity contribution in [1.82, 2.24) is 0 Å². The number of rotatable bonds is 7. The second-order valence-electron chi connectivity index (χ2n) is 4.27. The van der Waals surface area contributed by atoms with Gasteiger partial charge in [0.2, 0.25) is 0 Å². The zero-order valence-electron chi connectivity index (χ0n) is 10.7. The minimum Gasteiger partial charge on any atom is -0.299 e. The van der Waals surface area contributed by atoms with Crippen LogP contribution in [-0.4, -0.2) is 25.7 Å². The molecule has 0 heterocycles. The Kier molecular flexibility index (Phi) is 5.60. The number of Topliss-reactive ketones (excluding diaryl/α,β-unsaturated/α-hetero) is 1. The first-order chi connectivity index (χ1) is 8.85. The molecule has 0 aromatic heterocycles. The second-order valence-corrected chi connectivity index (χ2v) is 6.74. The zero-order chi connectivity index (χ0) is 14.5. The van der Waals surface area contributed by atoms with Crippen LogP contribution in [0.1, 0.15) is 25.3 Å². The molecule has 1 aromatic rings. The van der Waals surface area contributed by atoms with Crippen LogP contribution in [-0.2, 0) is 21.1 Å². The van der Waals surface area contributed by atoms with Crippen LogP contribution < -0.4 is 0 Å². The van der Waals surface area contributed by atoms with Gasteiger partial charge in [-0.1, -0.05) is 19.1 Å². The molecule has 0 saturated heterocycles. The molecule has 6 heteroatoms. The summed E-state index contributed by atoms with van der Waals surface area (Å²) in [5.41, 5.74) is 0.00310. The van der Waals surface area contributed by atoms with Gasteiger partial charge in [0.1, 0.15) is 15.6 Å². The van der Waals surface area contributed by atoms with Crippen molar-refractivity contribution in [3.05, 3.63) is 35.4 Å². The number of carbonyl (C=O) groups is 1. The largest absolute Gasteiger partial charge is 0.299 e. The molecule has 3 nitrogen and oxygen atoms in total. The quantitative estimate of drug-likeness (QED) is 0.774. The molecule has 106 valence electrons. The van der Waals surface area contributed by atoms with Crippen molar-refractivity contribution in [1.29, 1.82) is 0 Å². The normalized spacial score (nSPS) is 11.5. The van der Waals surface area contributed by atoms with E-state index in [9.17, 15) is 22.0 Å². The predicted molar refractivity (Wildman–Crippen MR) is 68.6 cm³/mol. The van der Waals surface area contributed by atoms with E-state index in [0.717, 1.165) is 6.07 Å². The lowest BCUT2D eigenvalue weighted by Crippen LogP contribution is -2.12. The van der Waals surface area contributed by atoms with Crippen molar-refractivity contribution < 1.29 is 22.0 Å². The molecular formula is C13H16F2O3S. The van der Waals surface area contributed by atoms with Crippen molar-refractivity contribution in [3.63, 3.8) is 0 Å². The fraction of sp³-hybridized carbons (Fsp3) is 0.462. The molecule has 0 saturated carbocycles. The Labute approximate surface area is 111 Å². The van der Waals surface area contributed by atoms with Gasteiger partial charge in [-0.25, -0.2) is 17.2 Å². The molecule has 0 bridgehead atoms. The third-order valence-electron chi connectivity index (χ3n) is 2.77. The van der Waals surface area contributed by atoms with E-state index in [2.05, 4.69) is 0 Å². The van der Waals surface area contributed by atoms with Gasteiger partial charge >= 0.3 is 0 Å². The molecule has 0 aliphatic heterocycles. The van der Waals surface area contributed by atoms with Crippen LogP contribution in [0.4, 0.5) is 8.78 Å². The smallest absolute Gasteiger partial charge is 0.162 e. The molecule has 0 amide bonds. The lowest BCUT2D eigenvalue weighted by molar-refractivity contribution is -0.118. The van der Waals surface area contributed by atoms with Gasteiger partial charge in [-0.05, 0) is 18.1 Å². The lowest BCUT2D eigenvalue weighted by Gasteiger charge is -2.04. The number of hydrogen-bond acceptors (Lipinski definition) is 3. The summed E-state index contributed by atoms with van der Waals surface area (Å²) in [7, 11) is -3.09. The van der Waals surface area contributed by atoms with Crippen LogP contribution in [0.15, 0.2) is 18.2 Å². The number of carbonyl (C=O) groups excluding carboxylic acids is 1. The lowest BCUT2D eigenvalue weighted by atomic mass is 10.1. The second kappa shape index (κ2) is 6.75. The van der Waals surface area contributed by atoms with Gasteiger partial charge in [0.05, 0.1) is 5.75 Å². The summed E-state index contributed by atoms with van der Waals surface area (Å²) in [5, 5.41) is 0. The van der Waals surface area contributed by atoms with Crippen molar-refractivity contribution in [2.75, 3.05) is 11.5 Å². The van der Waals surface area contributed by atoms with E-state index >= 15 is 0 Å². The van der Waals surface area contributed by atoms with E-state index in [1.807, 2.05) is 0 Å². The highest BCUT2D eigenvalue weighted by Gasteiger charge is 2.13. The third-order valence-corrected chi connectivity index (χ3v) is 4.56. The van der Waals surface area contributed by atoms with Gasteiger partial charge in [-0.2, -0.15) is 0 Å². The number of benzene rings is 1. The number of halogens is 2. The molecule has 0 atom stereocenters. The summed E-state index contributed by atoms with van der Waals surface area (Å²) >= 11 is 0. The fourth-order valence-corrected chi connectivity index (χ4v) is 2.49. The summed E-state index contributed by atoms with van der Waals surface area (Å²) in [6.45, 7) is 1.54. The van der Waals surface area contributed by atoms with Gasteiger partial charge in [0.15, 0.2) is 11.6 Å². The first kappa shape index (κ1) is 15.8. The maximum atomic E-state index is 13.3. The molecule has 0 fully saturated rings. The van der Waals surface area contributed by atoms with Crippen molar-refractivity contribution in [2.45, 2.75) is 26.2 Å². The highest BCUT2D eigenvalue weighted by molar-refractivity contribution is 7.91. The third kappa shape index (κ3) is 5.06. The maximum Gasteiger partial charge on any atom is 0.162 e. The van der Waals surface area contributed by atoms with E-state index in [0.29, 0.717) is 0 Å². The monoisotopic (exact) mass is 290 g/mol. The standard InChI is InChI=1S/C13H16F2O3S/c1-2-19(17,18)8-4-6-11(16)9-10-5-3-7-12(14)13(10)15/h3,5,7H,2,4,6,8-9H2,1H3.